The van der Waals surface area contributed by atoms with Gasteiger partial charge < -0.3 is 0 Å². The summed E-state index contributed by atoms with van der Waals surface area (Å²) in [5.41, 5.74) is 1.20. The minimum atomic E-state index is -0.849. The van der Waals surface area contributed by atoms with Crippen molar-refractivity contribution in [2.24, 2.45) is 0 Å². The van der Waals surface area contributed by atoms with Gasteiger partial charge in [-0.1, -0.05) is 24.3 Å². The summed E-state index contributed by atoms with van der Waals surface area (Å²) >= 11 is 2.95. The Morgan fingerprint density at radius 3 is 2.53 bits per heavy atom. The Labute approximate surface area is 118 Å². The Morgan fingerprint density at radius 2 is 1.84 bits per heavy atom. The third-order valence-electron chi connectivity index (χ3n) is 2.94. The summed E-state index contributed by atoms with van der Waals surface area (Å²) in [6, 6.07) is 9.61. The second kappa shape index (κ2) is 5.61. The maximum absolute atomic E-state index is 13.8. The van der Waals surface area contributed by atoms with Crippen LogP contribution in [0.25, 0.3) is 0 Å². The van der Waals surface area contributed by atoms with Crippen LogP contribution in [0.5, 0.6) is 0 Å². The molecule has 0 aliphatic rings. The van der Waals surface area contributed by atoms with Gasteiger partial charge in [0.05, 0.1) is 10.0 Å². The van der Waals surface area contributed by atoms with E-state index in [1.54, 1.807) is 12.1 Å². The van der Waals surface area contributed by atoms with Crippen molar-refractivity contribution >= 4 is 21.7 Å². The summed E-state index contributed by atoms with van der Waals surface area (Å²) in [5.74, 6) is -2.25. The lowest BCUT2D eigenvalue weighted by atomic mass is 9.99. The molecule has 0 aliphatic carbocycles. The van der Waals surface area contributed by atoms with Crippen LogP contribution < -0.4 is 0 Å². The summed E-state index contributed by atoms with van der Waals surface area (Å²) in [7, 11) is 0. The fraction of sp³-hybridized carbons (Fsp3) is 0.133. The summed E-state index contributed by atoms with van der Waals surface area (Å²) in [6.07, 6.45) is -0.0169. The summed E-state index contributed by atoms with van der Waals surface area (Å²) in [4.78, 5) is 12.1. The molecule has 0 atom stereocenters. The molecule has 0 radical (unpaired) electrons. The molecule has 0 bridgehead atoms. The second-order valence-corrected chi connectivity index (χ2v) is 5.10. The molecule has 1 nitrogen and oxygen atoms in total. The van der Waals surface area contributed by atoms with E-state index in [9.17, 15) is 13.6 Å². The van der Waals surface area contributed by atoms with Crippen LogP contribution in [0.1, 0.15) is 21.5 Å². The van der Waals surface area contributed by atoms with Crippen molar-refractivity contribution in [3.8, 4) is 0 Å². The Hall–Kier alpha value is -1.55. The van der Waals surface area contributed by atoms with Crippen molar-refractivity contribution in [1.29, 1.82) is 0 Å². The molecule has 98 valence electrons. The average Bonchev–Trinajstić information content (AvgIpc) is 2.37. The fourth-order valence-corrected chi connectivity index (χ4v) is 2.18. The molecular weight excluding hydrogens is 314 g/mol. The van der Waals surface area contributed by atoms with Crippen LogP contribution in [0.3, 0.4) is 0 Å². The number of hydrogen-bond donors (Lipinski definition) is 0. The monoisotopic (exact) mass is 324 g/mol. The lowest BCUT2D eigenvalue weighted by molar-refractivity contribution is 0.0984. The molecule has 0 aromatic heterocycles. The summed E-state index contributed by atoms with van der Waals surface area (Å²) in [6.45, 7) is 1.86. The summed E-state index contributed by atoms with van der Waals surface area (Å²) in [5, 5.41) is 0. The predicted octanol–water partition coefficient (Wildman–Crippen LogP) is 4.46. The topological polar surface area (TPSA) is 17.1 Å². The molecule has 2 aromatic carbocycles. The number of carbonyl (C=O) groups excluding carboxylic acids is 1. The third-order valence-corrected chi connectivity index (χ3v) is 3.55. The fourth-order valence-electron chi connectivity index (χ4n) is 1.85. The number of benzene rings is 2. The van der Waals surface area contributed by atoms with E-state index in [1.165, 1.54) is 6.07 Å². The van der Waals surface area contributed by atoms with E-state index < -0.39 is 23.0 Å². The Morgan fingerprint density at radius 1 is 1.16 bits per heavy atom. The zero-order valence-electron chi connectivity index (χ0n) is 10.2. The van der Waals surface area contributed by atoms with E-state index in [0.29, 0.717) is 0 Å². The van der Waals surface area contributed by atoms with Gasteiger partial charge in [-0.05, 0) is 46.1 Å². The molecule has 19 heavy (non-hydrogen) atoms. The van der Waals surface area contributed by atoms with Gasteiger partial charge in [0, 0.05) is 6.42 Å². The molecule has 0 saturated heterocycles. The second-order valence-electron chi connectivity index (χ2n) is 4.24. The van der Waals surface area contributed by atoms with Gasteiger partial charge in [-0.25, -0.2) is 8.78 Å². The van der Waals surface area contributed by atoms with E-state index in [0.717, 1.165) is 17.2 Å². The zero-order chi connectivity index (χ0) is 14.0. The van der Waals surface area contributed by atoms with Crippen LogP contribution in [0.4, 0.5) is 8.78 Å². The average molecular weight is 325 g/mol. The van der Waals surface area contributed by atoms with Crippen molar-refractivity contribution in [3.63, 3.8) is 0 Å². The molecule has 0 fully saturated rings. The highest BCUT2D eigenvalue weighted by atomic mass is 79.9. The first kappa shape index (κ1) is 13.9. The maximum Gasteiger partial charge on any atom is 0.173 e. The predicted molar refractivity (Wildman–Crippen MR) is 73.3 cm³/mol. The Kier molecular flexibility index (Phi) is 4.10. The molecule has 0 unspecified atom stereocenters. The highest BCUT2D eigenvalue weighted by Gasteiger charge is 2.20. The van der Waals surface area contributed by atoms with E-state index in [1.807, 2.05) is 19.1 Å². The van der Waals surface area contributed by atoms with Crippen molar-refractivity contribution < 1.29 is 13.6 Å². The van der Waals surface area contributed by atoms with Gasteiger partial charge in [0.15, 0.2) is 11.6 Å². The van der Waals surface area contributed by atoms with Crippen molar-refractivity contribution in [2.75, 3.05) is 0 Å². The maximum atomic E-state index is 13.8. The Bertz CT molecular complexity index is 638. The van der Waals surface area contributed by atoms with E-state index >= 15 is 0 Å². The lowest BCUT2D eigenvalue weighted by Gasteiger charge is -2.07. The van der Waals surface area contributed by atoms with Gasteiger partial charge in [0.2, 0.25) is 0 Å². The van der Waals surface area contributed by atoms with Gasteiger partial charge in [-0.15, -0.1) is 0 Å². The number of hydrogen-bond acceptors (Lipinski definition) is 1. The van der Waals surface area contributed by atoms with E-state index in [4.69, 9.17) is 0 Å². The van der Waals surface area contributed by atoms with Crippen LogP contribution in [0, 0.1) is 18.6 Å². The number of ketones is 1. The number of halogens is 3. The quantitative estimate of drug-likeness (QED) is 0.601. The lowest BCUT2D eigenvalue weighted by Crippen LogP contribution is -2.10. The first-order valence-electron chi connectivity index (χ1n) is 5.72. The molecule has 0 saturated carbocycles. The van der Waals surface area contributed by atoms with Crippen LogP contribution in [0.15, 0.2) is 40.9 Å². The highest BCUT2D eigenvalue weighted by Crippen LogP contribution is 2.23. The van der Waals surface area contributed by atoms with Gasteiger partial charge in [0.25, 0.3) is 0 Å². The number of Topliss-reactive ketones (excluding diaryl/α,β-unsaturated/α-hetero) is 1. The van der Waals surface area contributed by atoms with Crippen LogP contribution >= 0.6 is 15.9 Å². The van der Waals surface area contributed by atoms with Crippen LogP contribution in [-0.4, -0.2) is 5.78 Å². The van der Waals surface area contributed by atoms with Gasteiger partial charge in [0.1, 0.15) is 5.82 Å². The largest absolute Gasteiger partial charge is 0.294 e. The molecule has 2 aromatic rings. The smallest absolute Gasteiger partial charge is 0.173 e. The van der Waals surface area contributed by atoms with E-state index in [-0.39, 0.29) is 10.9 Å². The number of aryl methyl sites for hydroxylation is 1. The number of rotatable bonds is 3. The minimum Gasteiger partial charge on any atom is -0.294 e. The SMILES string of the molecule is Cc1ccccc1CC(=O)c1c(F)ccc(Br)c1F. The van der Waals surface area contributed by atoms with Crippen LogP contribution in [0.2, 0.25) is 0 Å². The summed E-state index contributed by atoms with van der Waals surface area (Å²) < 4.78 is 27.5. The Balaban J connectivity index is 2.36. The normalized spacial score (nSPS) is 10.5. The molecular formula is C15H11BrF2O. The first-order valence-corrected chi connectivity index (χ1v) is 6.51. The molecule has 0 amide bonds. The van der Waals surface area contributed by atoms with Crippen molar-refractivity contribution in [1.82, 2.24) is 0 Å². The third kappa shape index (κ3) is 2.89. The minimum absolute atomic E-state index is 0.0169. The molecule has 2 rings (SSSR count). The van der Waals surface area contributed by atoms with Gasteiger partial charge >= 0.3 is 0 Å². The molecule has 0 N–H and O–H groups in total. The molecule has 0 spiro atoms. The van der Waals surface area contributed by atoms with Gasteiger partial charge in [-0.2, -0.15) is 0 Å². The number of carbonyl (C=O) groups is 1. The van der Waals surface area contributed by atoms with Gasteiger partial charge in [-0.3, -0.25) is 4.79 Å². The molecule has 4 heteroatoms. The zero-order valence-corrected chi connectivity index (χ0v) is 11.8. The first-order chi connectivity index (χ1) is 9.00. The standard InChI is InChI=1S/C15H11BrF2O/c1-9-4-2-3-5-10(9)8-13(19)14-12(17)7-6-11(16)15(14)18/h2-7H,8H2,1H3. The van der Waals surface area contributed by atoms with E-state index in [2.05, 4.69) is 15.9 Å². The molecule has 0 aliphatic heterocycles. The van der Waals surface area contributed by atoms with Crippen molar-refractivity contribution in [2.45, 2.75) is 13.3 Å². The molecule has 0 heterocycles. The van der Waals surface area contributed by atoms with Crippen molar-refractivity contribution in [3.05, 3.63) is 69.2 Å². The highest BCUT2D eigenvalue weighted by molar-refractivity contribution is 9.10. The van der Waals surface area contributed by atoms with Crippen LogP contribution in [-0.2, 0) is 6.42 Å².